The van der Waals surface area contributed by atoms with Gasteiger partial charge in [-0.2, -0.15) is 0 Å². The van der Waals surface area contributed by atoms with E-state index in [0.717, 1.165) is 43.5 Å². The maximum atomic E-state index is 14.0. The Hall–Kier alpha value is -2.00. The Balaban J connectivity index is 1.72. The summed E-state index contributed by atoms with van der Waals surface area (Å²) in [5, 5.41) is 3.01. The van der Waals surface area contributed by atoms with Crippen molar-refractivity contribution in [2.75, 3.05) is 41.0 Å². The van der Waals surface area contributed by atoms with Crippen molar-refractivity contribution in [3.05, 3.63) is 46.5 Å². The lowest BCUT2D eigenvalue weighted by Crippen LogP contribution is -2.50. The fraction of sp³-hybridized carbons (Fsp3) is 0.500. The van der Waals surface area contributed by atoms with Gasteiger partial charge in [0, 0.05) is 13.1 Å². The van der Waals surface area contributed by atoms with E-state index in [1.165, 1.54) is 13.2 Å². The fourth-order valence-corrected chi connectivity index (χ4v) is 7.46. The molecule has 180 valence electrons. The summed E-state index contributed by atoms with van der Waals surface area (Å²) in [6.45, 7) is 2.82. The van der Waals surface area contributed by atoms with E-state index in [2.05, 4.69) is 10.2 Å². The smallest absolute Gasteiger partial charge is 0.194 e. The number of hydrogen-bond donors (Lipinski definition) is 1. The summed E-state index contributed by atoms with van der Waals surface area (Å²) >= 11 is 6.30. The molecule has 7 nitrogen and oxygen atoms in total. The monoisotopic (exact) mass is 494 g/mol. The van der Waals surface area contributed by atoms with Gasteiger partial charge < -0.3 is 19.5 Å². The summed E-state index contributed by atoms with van der Waals surface area (Å²) < 4.78 is 44.2. The molecule has 0 aliphatic carbocycles. The van der Waals surface area contributed by atoms with Crippen molar-refractivity contribution >= 4 is 21.4 Å². The zero-order valence-electron chi connectivity index (χ0n) is 19.3. The molecular weight excluding hydrogens is 464 g/mol. The molecule has 0 saturated carbocycles. The lowest BCUT2D eigenvalue weighted by molar-refractivity contribution is 0.159. The molecule has 2 aliphatic heterocycles. The Bertz CT molecular complexity index is 1100. The van der Waals surface area contributed by atoms with Crippen LogP contribution in [-0.2, 0) is 22.8 Å². The number of fused-ring (bicyclic) bond motifs is 1. The first-order valence-corrected chi connectivity index (χ1v) is 13.1. The first-order valence-electron chi connectivity index (χ1n) is 11.1. The molecule has 0 radical (unpaired) electrons. The van der Waals surface area contributed by atoms with Gasteiger partial charge in [-0.25, -0.2) is 8.42 Å². The molecule has 4 rings (SSSR count). The number of nitrogens with zero attached hydrogens (tertiary/aromatic N) is 1. The van der Waals surface area contributed by atoms with Crippen LogP contribution >= 0.6 is 11.6 Å². The van der Waals surface area contributed by atoms with Crippen molar-refractivity contribution in [2.45, 2.75) is 36.1 Å². The molecule has 2 aromatic carbocycles. The highest BCUT2D eigenvalue weighted by atomic mass is 35.5. The van der Waals surface area contributed by atoms with Crippen LogP contribution in [0.5, 0.6) is 17.2 Å². The molecule has 9 heteroatoms. The maximum absolute atomic E-state index is 14.0. The molecule has 1 fully saturated rings. The third-order valence-electron chi connectivity index (χ3n) is 6.66. The molecule has 1 unspecified atom stereocenters. The van der Waals surface area contributed by atoms with Crippen molar-refractivity contribution in [3.63, 3.8) is 0 Å². The molecule has 1 saturated heterocycles. The standard InChI is InChI=1S/C24H31ClN2O5S/c1-30-21-5-4-19(14-20(21)25)33(28,29)24(16-6-9-26-10-7-16)27-11-8-17-12-22(31-2)23(32-3)13-18(17)15-27/h4-5,12-14,16,24,26H,6-11,15H2,1-3H3. The van der Waals surface area contributed by atoms with Crippen LogP contribution in [0.1, 0.15) is 24.0 Å². The van der Waals surface area contributed by atoms with Crippen LogP contribution < -0.4 is 19.5 Å². The lowest BCUT2D eigenvalue weighted by Gasteiger charge is -2.40. The van der Waals surface area contributed by atoms with Gasteiger partial charge in [-0.3, -0.25) is 4.90 Å². The van der Waals surface area contributed by atoms with Crippen LogP contribution in [0.3, 0.4) is 0 Å². The van der Waals surface area contributed by atoms with Gasteiger partial charge >= 0.3 is 0 Å². The summed E-state index contributed by atoms with van der Waals surface area (Å²) in [6.07, 6.45) is 2.36. The highest BCUT2D eigenvalue weighted by Crippen LogP contribution is 2.38. The SMILES string of the molecule is COc1ccc(S(=O)(=O)C(C2CCNCC2)N2CCc3cc(OC)c(OC)cc3C2)cc1Cl. The van der Waals surface area contributed by atoms with Gasteiger partial charge in [0.25, 0.3) is 0 Å². The van der Waals surface area contributed by atoms with Gasteiger partial charge in [0.2, 0.25) is 0 Å². The van der Waals surface area contributed by atoms with Crippen LogP contribution in [0.2, 0.25) is 5.02 Å². The van der Waals surface area contributed by atoms with Gasteiger partial charge in [0.05, 0.1) is 31.2 Å². The molecule has 0 spiro atoms. The third kappa shape index (κ3) is 4.80. The number of nitrogens with one attached hydrogen (secondary N) is 1. The number of hydrogen-bond acceptors (Lipinski definition) is 7. The summed E-state index contributed by atoms with van der Waals surface area (Å²) in [5.41, 5.74) is 2.23. The number of ether oxygens (including phenoxy) is 3. The number of benzene rings is 2. The number of piperidine rings is 1. The normalized spacial score (nSPS) is 18.4. The van der Waals surface area contributed by atoms with Gasteiger partial charge in [-0.1, -0.05) is 11.6 Å². The van der Waals surface area contributed by atoms with Crippen LogP contribution in [-0.4, -0.2) is 59.7 Å². The van der Waals surface area contributed by atoms with Gasteiger partial charge in [0.15, 0.2) is 21.3 Å². The molecule has 0 aromatic heterocycles. The van der Waals surface area contributed by atoms with E-state index in [-0.39, 0.29) is 10.8 Å². The molecule has 1 atom stereocenters. The minimum absolute atomic E-state index is 0.0267. The van der Waals surface area contributed by atoms with Crippen molar-refractivity contribution in [1.82, 2.24) is 10.2 Å². The summed E-state index contributed by atoms with van der Waals surface area (Å²) in [6, 6.07) is 8.70. The third-order valence-corrected chi connectivity index (χ3v) is 9.19. The van der Waals surface area contributed by atoms with E-state index >= 15 is 0 Å². The van der Waals surface area contributed by atoms with E-state index in [1.807, 2.05) is 12.1 Å². The Morgan fingerprint density at radius 3 is 2.21 bits per heavy atom. The number of rotatable bonds is 7. The quantitative estimate of drug-likeness (QED) is 0.631. The summed E-state index contributed by atoms with van der Waals surface area (Å²) in [7, 11) is 1.07. The topological polar surface area (TPSA) is 77.1 Å². The molecular formula is C24H31ClN2O5S. The maximum Gasteiger partial charge on any atom is 0.194 e. The Labute approximate surface area is 200 Å². The highest BCUT2D eigenvalue weighted by Gasteiger charge is 2.41. The second kappa shape index (κ2) is 10.1. The number of halogens is 1. The lowest BCUT2D eigenvalue weighted by atomic mass is 9.94. The van der Waals surface area contributed by atoms with Crippen molar-refractivity contribution in [3.8, 4) is 17.2 Å². The van der Waals surface area contributed by atoms with Crippen LogP contribution in [0.4, 0.5) is 0 Å². The zero-order valence-corrected chi connectivity index (χ0v) is 20.8. The minimum Gasteiger partial charge on any atom is -0.495 e. The molecule has 1 N–H and O–H groups in total. The van der Waals surface area contributed by atoms with E-state index in [1.54, 1.807) is 26.4 Å². The predicted molar refractivity (Wildman–Crippen MR) is 128 cm³/mol. The van der Waals surface area contributed by atoms with Crippen LogP contribution in [0, 0.1) is 5.92 Å². The summed E-state index contributed by atoms with van der Waals surface area (Å²) in [4.78, 5) is 2.34. The highest BCUT2D eigenvalue weighted by molar-refractivity contribution is 7.92. The largest absolute Gasteiger partial charge is 0.495 e. The fourth-order valence-electron chi connectivity index (χ4n) is 4.96. The molecule has 0 amide bonds. The minimum atomic E-state index is -3.68. The molecule has 33 heavy (non-hydrogen) atoms. The first kappa shape index (κ1) is 24.1. The second-order valence-electron chi connectivity index (χ2n) is 8.52. The van der Waals surface area contributed by atoms with E-state index in [4.69, 9.17) is 25.8 Å². The van der Waals surface area contributed by atoms with Gasteiger partial charge in [0.1, 0.15) is 11.1 Å². The number of methoxy groups -OCH3 is 3. The van der Waals surface area contributed by atoms with E-state index in [0.29, 0.717) is 35.4 Å². The van der Waals surface area contributed by atoms with Crippen molar-refractivity contribution in [2.24, 2.45) is 5.92 Å². The van der Waals surface area contributed by atoms with E-state index < -0.39 is 15.2 Å². The summed E-state index contributed by atoms with van der Waals surface area (Å²) in [5.74, 6) is 1.84. The number of sulfone groups is 1. The van der Waals surface area contributed by atoms with Crippen molar-refractivity contribution in [1.29, 1.82) is 0 Å². The molecule has 2 heterocycles. The Kier molecular flexibility index (Phi) is 7.38. The van der Waals surface area contributed by atoms with Gasteiger partial charge in [-0.15, -0.1) is 0 Å². The zero-order chi connectivity index (χ0) is 23.6. The molecule has 2 aliphatic rings. The second-order valence-corrected chi connectivity index (χ2v) is 11.0. The van der Waals surface area contributed by atoms with Crippen LogP contribution in [0.15, 0.2) is 35.2 Å². The average Bonchev–Trinajstić information content (AvgIpc) is 2.83. The Morgan fingerprint density at radius 2 is 1.61 bits per heavy atom. The Morgan fingerprint density at radius 1 is 0.970 bits per heavy atom. The average molecular weight is 495 g/mol. The molecule has 2 aromatic rings. The van der Waals surface area contributed by atoms with Gasteiger partial charge in [-0.05, 0) is 79.7 Å². The van der Waals surface area contributed by atoms with Crippen LogP contribution in [0.25, 0.3) is 0 Å². The molecule has 0 bridgehead atoms. The van der Waals surface area contributed by atoms with Crippen molar-refractivity contribution < 1.29 is 22.6 Å². The van der Waals surface area contributed by atoms with E-state index in [9.17, 15) is 8.42 Å². The first-order chi connectivity index (χ1) is 15.9. The predicted octanol–water partition coefficient (Wildman–Crippen LogP) is 3.52.